The van der Waals surface area contributed by atoms with Gasteiger partial charge in [-0.3, -0.25) is 9.59 Å². The molecule has 33 heavy (non-hydrogen) atoms. The number of hydrogen-bond donors (Lipinski definition) is 0. The first kappa shape index (κ1) is 23.2. The maximum Gasteiger partial charge on any atom is 0.254 e. The molecule has 2 amide bonds. The number of thiophene rings is 1. The fraction of sp³-hybridized carbons (Fsp3) is 0.333. The molecular weight excluding hydrogens is 435 g/mol. The van der Waals surface area contributed by atoms with E-state index < -0.39 is 0 Å². The molecule has 2 heterocycles. The van der Waals surface area contributed by atoms with E-state index in [0.29, 0.717) is 18.7 Å². The average Bonchev–Trinajstić information content (AvgIpc) is 3.30. The summed E-state index contributed by atoms with van der Waals surface area (Å²) in [7, 11) is 0. The molecule has 6 heteroatoms. The molecule has 0 fully saturated rings. The lowest BCUT2D eigenvalue weighted by atomic mass is 9.90. The zero-order valence-electron chi connectivity index (χ0n) is 19.1. The number of carbonyl (C=O) groups excluding carboxylic acids is 2. The zero-order chi connectivity index (χ0) is 23.4. The molecule has 0 radical (unpaired) electrons. The van der Waals surface area contributed by atoms with Gasteiger partial charge in [-0.05, 0) is 72.2 Å². The van der Waals surface area contributed by atoms with Crippen molar-refractivity contribution in [3.63, 3.8) is 0 Å². The van der Waals surface area contributed by atoms with Crippen LogP contribution in [0.25, 0.3) is 0 Å². The second-order valence-electron chi connectivity index (χ2n) is 8.48. The molecule has 0 aliphatic carbocycles. The van der Waals surface area contributed by atoms with Gasteiger partial charge in [-0.1, -0.05) is 37.6 Å². The highest BCUT2D eigenvalue weighted by Gasteiger charge is 2.34. The molecule has 1 unspecified atom stereocenters. The zero-order valence-corrected chi connectivity index (χ0v) is 19.9. The highest BCUT2D eigenvalue weighted by atomic mass is 32.1. The topological polar surface area (TPSA) is 40.6 Å². The van der Waals surface area contributed by atoms with Crippen molar-refractivity contribution in [3.8, 4) is 0 Å². The Bertz CT molecular complexity index is 1130. The molecule has 2 aromatic carbocycles. The van der Waals surface area contributed by atoms with Crippen molar-refractivity contribution < 1.29 is 14.0 Å². The van der Waals surface area contributed by atoms with Gasteiger partial charge >= 0.3 is 0 Å². The van der Waals surface area contributed by atoms with Crippen LogP contribution in [0.2, 0.25) is 0 Å². The third-order valence-electron chi connectivity index (χ3n) is 6.26. The van der Waals surface area contributed by atoms with Crippen LogP contribution >= 0.6 is 11.3 Å². The van der Waals surface area contributed by atoms with Gasteiger partial charge in [0, 0.05) is 23.5 Å². The van der Waals surface area contributed by atoms with E-state index in [1.165, 1.54) is 34.7 Å². The Labute approximate surface area is 198 Å². The van der Waals surface area contributed by atoms with E-state index in [4.69, 9.17) is 0 Å². The molecule has 1 aromatic heterocycles. The van der Waals surface area contributed by atoms with E-state index in [1.807, 2.05) is 17.0 Å². The smallest absolute Gasteiger partial charge is 0.254 e. The fourth-order valence-corrected chi connectivity index (χ4v) is 5.35. The summed E-state index contributed by atoms with van der Waals surface area (Å²) >= 11 is 1.74. The van der Waals surface area contributed by atoms with E-state index in [0.717, 1.165) is 30.4 Å². The van der Waals surface area contributed by atoms with Crippen LogP contribution in [0.5, 0.6) is 0 Å². The van der Waals surface area contributed by atoms with Crippen molar-refractivity contribution in [3.05, 3.63) is 92.9 Å². The largest absolute Gasteiger partial charge is 0.330 e. The Morgan fingerprint density at radius 2 is 1.85 bits per heavy atom. The molecule has 0 saturated heterocycles. The fourth-order valence-electron chi connectivity index (χ4n) is 4.44. The molecule has 1 aliphatic rings. The van der Waals surface area contributed by atoms with E-state index in [-0.39, 0.29) is 30.2 Å². The number of unbranched alkanes of at least 4 members (excludes halogenated alkanes) is 1. The molecule has 3 aromatic rings. The second-order valence-corrected chi connectivity index (χ2v) is 9.48. The van der Waals surface area contributed by atoms with E-state index in [9.17, 15) is 14.0 Å². The molecule has 4 nitrogen and oxygen atoms in total. The Kier molecular flexibility index (Phi) is 7.23. The lowest BCUT2D eigenvalue weighted by molar-refractivity contribution is -0.134. The predicted octanol–water partition coefficient (Wildman–Crippen LogP) is 5.61. The van der Waals surface area contributed by atoms with Gasteiger partial charge in [0.05, 0.1) is 6.04 Å². The van der Waals surface area contributed by atoms with Crippen molar-refractivity contribution >= 4 is 23.2 Å². The number of nitrogens with zero attached hydrogens (tertiary/aromatic N) is 2. The number of amides is 2. The SMILES string of the molecule is CCCCN(CC(=O)N1CCc2sccc2C1c1ccccc1C)C(=O)c1ccc(F)cc1. The Hall–Kier alpha value is -2.99. The van der Waals surface area contributed by atoms with Crippen LogP contribution in [0.15, 0.2) is 60.0 Å². The Balaban J connectivity index is 1.62. The van der Waals surface area contributed by atoms with Crippen LogP contribution < -0.4 is 0 Å². The summed E-state index contributed by atoms with van der Waals surface area (Å²) in [4.78, 5) is 31.7. The van der Waals surface area contributed by atoms with Gasteiger partial charge in [0.2, 0.25) is 5.91 Å². The monoisotopic (exact) mass is 464 g/mol. The van der Waals surface area contributed by atoms with Gasteiger partial charge in [-0.25, -0.2) is 4.39 Å². The normalized spacial score (nSPS) is 15.2. The number of benzene rings is 2. The third-order valence-corrected chi connectivity index (χ3v) is 7.25. The number of hydrogen-bond acceptors (Lipinski definition) is 3. The number of carbonyl (C=O) groups is 2. The van der Waals surface area contributed by atoms with Gasteiger partial charge < -0.3 is 9.80 Å². The predicted molar refractivity (Wildman–Crippen MR) is 130 cm³/mol. The molecular formula is C27H29FN2O2S. The molecule has 4 rings (SSSR count). The maximum atomic E-state index is 13.7. The van der Waals surface area contributed by atoms with Crippen LogP contribution in [0, 0.1) is 12.7 Å². The average molecular weight is 465 g/mol. The van der Waals surface area contributed by atoms with E-state index >= 15 is 0 Å². The molecule has 0 saturated carbocycles. The first-order valence-electron chi connectivity index (χ1n) is 11.5. The van der Waals surface area contributed by atoms with Crippen LogP contribution in [-0.4, -0.2) is 41.2 Å². The highest BCUT2D eigenvalue weighted by Crippen LogP contribution is 2.39. The van der Waals surface area contributed by atoms with Gasteiger partial charge in [-0.15, -0.1) is 11.3 Å². The first-order valence-corrected chi connectivity index (χ1v) is 12.3. The minimum Gasteiger partial charge on any atom is -0.330 e. The van der Waals surface area contributed by atoms with Crippen LogP contribution in [0.1, 0.15) is 57.7 Å². The molecule has 1 aliphatic heterocycles. The minimum atomic E-state index is -0.385. The number of halogens is 1. The van der Waals surface area contributed by atoms with E-state index in [1.54, 1.807) is 16.2 Å². The maximum absolute atomic E-state index is 13.7. The standard InChI is InChI=1S/C27H29FN2O2S/c1-3-4-15-29(27(32)20-9-11-21(28)12-10-20)18-25(31)30-16-13-24-23(14-17-33-24)26(30)22-8-6-5-7-19(22)2/h5-12,14,17,26H,3-4,13,15-16,18H2,1-2H3. The van der Waals surface area contributed by atoms with Crippen LogP contribution in [0.3, 0.4) is 0 Å². The highest BCUT2D eigenvalue weighted by molar-refractivity contribution is 7.10. The minimum absolute atomic E-state index is 0.0120. The van der Waals surface area contributed by atoms with Gasteiger partial charge in [0.15, 0.2) is 0 Å². The summed E-state index contributed by atoms with van der Waals surface area (Å²) in [6, 6.07) is 15.7. The quantitative estimate of drug-likeness (QED) is 0.456. The molecule has 172 valence electrons. The van der Waals surface area contributed by atoms with Crippen molar-refractivity contribution in [2.24, 2.45) is 0 Å². The van der Waals surface area contributed by atoms with Crippen LogP contribution in [-0.2, 0) is 11.2 Å². The van der Waals surface area contributed by atoms with Gasteiger partial charge in [0.1, 0.15) is 12.4 Å². The summed E-state index contributed by atoms with van der Waals surface area (Å²) in [6.45, 7) is 5.25. The summed E-state index contributed by atoms with van der Waals surface area (Å²) in [5.74, 6) is -0.687. The van der Waals surface area contributed by atoms with Crippen molar-refractivity contribution in [2.45, 2.75) is 39.2 Å². The first-order chi connectivity index (χ1) is 16.0. The Morgan fingerprint density at radius 3 is 2.58 bits per heavy atom. The molecule has 0 spiro atoms. The third kappa shape index (κ3) is 5.01. The number of fused-ring (bicyclic) bond motifs is 1. The van der Waals surface area contributed by atoms with E-state index in [2.05, 4.69) is 37.4 Å². The summed E-state index contributed by atoms with van der Waals surface area (Å²) in [5, 5.41) is 2.09. The molecule has 0 bridgehead atoms. The van der Waals surface area contributed by atoms with Crippen molar-refractivity contribution in [1.82, 2.24) is 9.80 Å². The lowest BCUT2D eigenvalue weighted by Gasteiger charge is -2.38. The van der Waals surface area contributed by atoms with Crippen LogP contribution in [0.4, 0.5) is 4.39 Å². The number of aryl methyl sites for hydroxylation is 1. The van der Waals surface area contributed by atoms with Gasteiger partial charge in [0.25, 0.3) is 5.91 Å². The summed E-state index contributed by atoms with van der Waals surface area (Å²) in [5.41, 5.74) is 3.84. The van der Waals surface area contributed by atoms with Crippen molar-refractivity contribution in [1.29, 1.82) is 0 Å². The lowest BCUT2D eigenvalue weighted by Crippen LogP contribution is -2.47. The molecule has 1 atom stereocenters. The Morgan fingerprint density at radius 1 is 1.09 bits per heavy atom. The number of rotatable bonds is 7. The summed E-state index contributed by atoms with van der Waals surface area (Å²) in [6.07, 6.45) is 2.54. The van der Waals surface area contributed by atoms with Crippen molar-refractivity contribution in [2.75, 3.05) is 19.6 Å². The van der Waals surface area contributed by atoms with Gasteiger partial charge in [-0.2, -0.15) is 0 Å². The molecule has 0 N–H and O–H groups in total. The second kappa shape index (κ2) is 10.3. The summed E-state index contributed by atoms with van der Waals surface area (Å²) < 4.78 is 13.4.